The van der Waals surface area contributed by atoms with Crippen molar-refractivity contribution in [2.45, 2.75) is 38.9 Å². The largest absolute Gasteiger partial charge is 0.476 e. The number of anilines is 1. The van der Waals surface area contributed by atoms with Gasteiger partial charge in [-0.2, -0.15) is 0 Å². The number of aliphatic carboxylic acids is 1. The number of nitrogens with zero attached hydrogens (tertiary/aromatic N) is 2. The van der Waals surface area contributed by atoms with Gasteiger partial charge in [-0.05, 0) is 27.7 Å². The van der Waals surface area contributed by atoms with Crippen molar-refractivity contribution in [3.63, 3.8) is 0 Å². The monoisotopic (exact) mass is 329 g/mol. The van der Waals surface area contributed by atoms with Gasteiger partial charge in [0.25, 0.3) is 0 Å². The highest BCUT2D eigenvalue weighted by atomic mass is 32.1. The number of thiazole rings is 1. The summed E-state index contributed by atoms with van der Waals surface area (Å²) < 4.78 is 5.48. The fraction of sp³-hybridized carbons (Fsp3) is 0.538. The first-order valence-electron chi connectivity index (χ1n) is 6.37. The van der Waals surface area contributed by atoms with Gasteiger partial charge in [0.05, 0.1) is 12.2 Å². The number of carbonyl (C=O) groups excluding carboxylic acids is 1. The summed E-state index contributed by atoms with van der Waals surface area (Å²) in [5.41, 5.74) is 3.22. The van der Waals surface area contributed by atoms with Gasteiger partial charge in [-0.15, -0.1) is 11.3 Å². The standard InChI is InChI=1S/C13H19N3O5S/c1-12(2,3)20-7-13(4,6-17)21-16-9(10(18)19)8-5-22-11(14)15-8/h5-6H,7H2,1-4H3,(H2,14,15)(H,18,19)/b16-9-. The average Bonchev–Trinajstić information content (AvgIpc) is 2.82. The number of aromatic nitrogens is 1. The van der Waals surface area contributed by atoms with Gasteiger partial charge >= 0.3 is 5.97 Å². The molecule has 0 amide bonds. The Morgan fingerprint density at radius 3 is 2.55 bits per heavy atom. The molecule has 8 nitrogen and oxygen atoms in total. The van der Waals surface area contributed by atoms with E-state index in [9.17, 15) is 9.59 Å². The Kier molecular flexibility index (Phi) is 5.61. The zero-order chi connectivity index (χ0) is 17.0. The molecule has 0 aliphatic heterocycles. The van der Waals surface area contributed by atoms with Crippen molar-refractivity contribution in [3.8, 4) is 0 Å². The number of aldehydes is 1. The van der Waals surface area contributed by atoms with E-state index in [0.717, 1.165) is 11.3 Å². The molecule has 1 aromatic heterocycles. The molecule has 0 aromatic carbocycles. The minimum Gasteiger partial charge on any atom is -0.476 e. The molecule has 0 spiro atoms. The molecule has 0 saturated carbocycles. The first-order chi connectivity index (χ1) is 10.1. The summed E-state index contributed by atoms with van der Waals surface area (Å²) in [5.74, 6) is -1.34. The summed E-state index contributed by atoms with van der Waals surface area (Å²) in [5, 5.41) is 14.3. The summed E-state index contributed by atoms with van der Waals surface area (Å²) in [6.07, 6.45) is 0.511. The number of oxime groups is 1. The van der Waals surface area contributed by atoms with Crippen LogP contribution in [-0.4, -0.2) is 45.9 Å². The molecule has 122 valence electrons. The van der Waals surface area contributed by atoms with E-state index in [1.54, 1.807) is 0 Å². The normalized spacial score (nSPS) is 15.2. The molecule has 9 heteroatoms. The van der Waals surface area contributed by atoms with E-state index in [4.69, 9.17) is 20.4 Å². The molecule has 0 fully saturated rings. The first-order valence-corrected chi connectivity index (χ1v) is 7.25. The maximum atomic E-state index is 11.2. The van der Waals surface area contributed by atoms with Crippen molar-refractivity contribution in [1.29, 1.82) is 0 Å². The molecule has 0 bridgehead atoms. The lowest BCUT2D eigenvalue weighted by Gasteiger charge is -2.26. The van der Waals surface area contributed by atoms with Crippen molar-refractivity contribution in [2.75, 3.05) is 12.3 Å². The molecule has 1 rings (SSSR count). The number of hydrogen-bond donors (Lipinski definition) is 2. The smallest absolute Gasteiger partial charge is 0.360 e. The minimum atomic E-state index is -1.41. The highest BCUT2D eigenvalue weighted by molar-refractivity contribution is 7.13. The average molecular weight is 329 g/mol. The summed E-state index contributed by atoms with van der Waals surface area (Å²) in [6, 6.07) is 0. The van der Waals surface area contributed by atoms with Gasteiger partial charge < -0.3 is 20.4 Å². The third kappa shape index (κ3) is 5.41. The van der Waals surface area contributed by atoms with Crippen LogP contribution in [0.5, 0.6) is 0 Å². The summed E-state index contributed by atoms with van der Waals surface area (Å²) in [7, 11) is 0. The zero-order valence-corrected chi connectivity index (χ0v) is 13.6. The second kappa shape index (κ2) is 6.84. The van der Waals surface area contributed by atoms with Gasteiger partial charge in [-0.25, -0.2) is 9.78 Å². The van der Waals surface area contributed by atoms with E-state index in [1.165, 1.54) is 12.3 Å². The molecular formula is C13H19N3O5S. The quantitative estimate of drug-likeness (QED) is 0.439. The Bertz CT molecular complexity index is 578. The summed E-state index contributed by atoms with van der Waals surface area (Å²) in [4.78, 5) is 31.4. The Balaban J connectivity index is 2.92. The number of nitrogens with two attached hydrogens (primary N) is 1. The van der Waals surface area contributed by atoms with Gasteiger partial charge in [-0.3, -0.25) is 4.79 Å². The van der Waals surface area contributed by atoms with Crippen LogP contribution in [0.15, 0.2) is 10.5 Å². The third-order valence-corrected chi connectivity index (χ3v) is 3.03. The Hall–Kier alpha value is -2.00. The summed E-state index contributed by atoms with van der Waals surface area (Å²) >= 11 is 1.08. The highest BCUT2D eigenvalue weighted by Gasteiger charge is 2.30. The van der Waals surface area contributed by atoms with E-state index in [2.05, 4.69) is 10.1 Å². The fourth-order valence-corrected chi connectivity index (χ4v) is 1.73. The second-order valence-corrected chi connectivity index (χ2v) is 6.63. The lowest BCUT2D eigenvalue weighted by molar-refractivity contribution is -0.148. The van der Waals surface area contributed by atoms with Crippen molar-refractivity contribution < 1.29 is 24.3 Å². The molecule has 1 aromatic rings. The van der Waals surface area contributed by atoms with Gasteiger partial charge in [0.15, 0.2) is 11.4 Å². The van der Waals surface area contributed by atoms with E-state index in [1.807, 2.05) is 20.8 Å². The molecule has 0 saturated heterocycles. The maximum absolute atomic E-state index is 11.2. The Morgan fingerprint density at radius 2 is 2.14 bits per heavy atom. The van der Waals surface area contributed by atoms with Crippen LogP contribution >= 0.6 is 11.3 Å². The van der Waals surface area contributed by atoms with Crippen molar-refractivity contribution in [3.05, 3.63) is 11.1 Å². The number of carbonyl (C=O) groups is 2. The molecule has 3 N–H and O–H groups in total. The predicted molar refractivity (Wildman–Crippen MR) is 82.0 cm³/mol. The number of nitrogen functional groups attached to an aromatic ring is 1. The first kappa shape index (κ1) is 18.1. The van der Waals surface area contributed by atoms with Crippen molar-refractivity contribution >= 4 is 34.4 Å². The molecule has 0 aliphatic carbocycles. The number of carboxylic acid groups (broad SMARTS) is 1. The SMILES string of the molecule is CC(C)(C)OCC(C)(C=O)O/N=C(\C(=O)O)c1csc(N)n1. The second-order valence-electron chi connectivity index (χ2n) is 5.74. The van der Waals surface area contributed by atoms with E-state index < -0.39 is 22.9 Å². The number of hydrogen-bond acceptors (Lipinski definition) is 8. The van der Waals surface area contributed by atoms with E-state index in [0.29, 0.717) is 6.29 Å². The van der Waals surface area contributed by atoms with Crippen LogP contribution in [0.2, 0.25) is 0 Å². The molecular weight excluding hydrogens is 310 g/mol. The van der Waals surface area contributed by atoms with Crippen molar-refractivity contribution in [1.82, 2.24) is 4.98 Å². The van der Waals surface area contributed by atoms with Gasteiger partial charge in [0.1, 0.15) is 5.69 Å². The molecule has 0 radical (unpaired) electrons. The van der Waals surface area contributed by atoms with Gasteiger partial charge in [0.2, 0.25) is 11.3 Å². The predicted octanol–water partition coefficient (Wildman–Crippen LogP) is 1.30. The maximum Gasteiger partial charge on any atom is 0.360 e. The van der Waals surface area contributed by atoms with E-state index in [-0.39, 0.29) is 17.4 Å². The molecule has 1 unspecified atom stereocenters. The fourth-order valence-electron chi connectivity index (χ4n) is 1.18. The van der Waals surface area contributed by atoms with Crippen LogP contribution in [0, 0.1) is 0 Å². The number of carboxylic acids is 1. The van der Waals surface area contributed by atoms with Crippen LogP contribution < -0.4 is 5.73 Å². The van der Waals surface area contributed by atoms with Gasteiger partial charge in [0, 0.05) is 5.38 Å². The highest BCUT2D eigenvalue weighted by Crippen LogP contribution is 2.17. The van der Waals surface area contributed by atoms with Crippen LogP contribution in [0.3, 0.4) is 0 Å². The van der Waals surface area contributed by atoms with Crippen LogP contribution in [0.1, 0.15) is 33.4 Å². The van der Waals surface area contributed by atoms with E-state index >= 15 is 0 Å². The Morgan fingerprint density at radius 1 is 1.50 bits per heavy atom. The Labute approximate surface area is 131 Å². The summed E-state index contributed by atoms with van der Waals surface area (Å²) in [6.45, 7) is 6.84. The molecule has 1 heterocycles. The third-order valence-electron chi connectivity index (χ3n) is 2.35. The lowest BCUT2D eigenvalue weighted by atomic mass is 10.1. The molecule has 22 heavy (non-hydrogen) atoms. The lowest BCUT2D eigenvalue weighted by Crippen LogP contribution is -2.38. The number of ether oxygens (including phenoxy) is 1. The van der Waals surface area contributed by atoms with Crippen LogP contribution in [0.4, 0.5) is 5.13 Å². The van der Waals surface area contributed by atoms with Gasteiger partial charge in [-0.1, -0.05) is 5.16 Å². The molecule has 0 aliphatic rings. The zero-order valence-electron chi connectivity index (χ0n) is 12.8. The number of rotatable bonds is 7. The van der Waals surface area contributed by atoms with Crippen molar-refractivity contribution in [2.24, 2.45) is 5.16 Å². The van der Waals surface area contributed by atoms with Crippen LogP contribution in [0.25, 0.3) is 0 Å². The van der Waals surface area contributed by atoms with Crippen LogP contribution in [-0.2, 0) is 19.2 Å². The topological polar surface area (TPSA) is 124 Å². The minimum absolute atomic E-state index is 0.0694. The molecule has 1 atom stereocenters.